The number of anilines is 2. The van der Waals surface area contributed by atoms with Crippen LogP contribution < -0.4 is 15.4 Å². The minimum atomic E-state index is -4.77. The van der Waals surface area contributed by atoms with Crippen LogP contribution in [0.4, 0.5) is 29.2 Å². The van der Waals surface area contributed by atoms with E-state index in [1.54, 1.807) is 6.20 Å². The van der Waals surface area contributed by atoms with Crippen LogP contribution in [-0.2, 0) is 6.18 Å². The number of nitrogen functional groups attached to an aromatic ring is 1. The van der Waals surface area contributed by atoms with Gasteiger partial charge in [-0.05, 0) is 57.8 Å². The Morgan fingerprint density at radius 3 is 2.62 bits per heavy atom. The van der Waals surface area contributed by atoms with Crippen molar-refractivity contribution in [3.05, 3.63) is 41.8 Å². The molecular formula is C26H32F4N6O. The van der Waals surface area contributed by atoms with Gasteiger partial charge in [-0.2, -0.15) is 18.3 Å². The predicted octanol–water partition coefficient (Wildman–Crippen LogP) is 5.26. The molecule has 0 bridgehead atoms. The lowest BCUT2D eigenvalue weighted by molar-refractivity contribution is -0.140. The first kappa shape index (κ1) is 25.6. The van der Waals surface area contributed by atoms with Crippen LogP contribution in [0.2, 0.25) is 0 Å². The summed E-state index contributed by atoms with van der Waals surface area (Å²) in [6, 6.07) is 5.53. The normalized spacial score (nSPS) is 22.8. The van der Waals surface area contributed by atoms with Crippen molar-refractivity contribution < 1.29 is 22.3 Å². The molecule has 3 aromatic rings. The molecule has 2 aromatic heterocycles. The Labute approximate surface area is 213 Å². The number of halogens is 4. The molecule has 1 saturated heterocycles. The van der Waals surface area contributed by atoms with Crippen LogP contribution >= 0.6 is 0 Å². The number of pyridine rings is 1. The van der Waals surface area contributed by atoms with Gasteiger partial charge in [0.25, 0.3) is 0 Å². The number of alkyl halides is 3. The average Bonchev–Trinajstić information content (AvgIpc) is 3.49. The van der Waals surface area contributed by atoms with Crippen molar-refractivity contribution in [2.75, 3.05) is 37.3 Å². The topological polar surface area (TPSA) is 72.4 Å². The van der Waals surface area contributed by atoms with E-state index in [-0.39, 0.29) is 17.9 Å². The molecule has 0 radical (unpaired) electrons. The van der Waals surface area contributed by atoms with E-state index in [1.165, 1.54) is 12.1 Å². The fraction of sp³-hybridized carbons (Fsp3) is 0.538. The van der Waals surface area contributed by atoms with Crippen molar-refractivity contribution in [3.8, 4) is 5.75 Å². The first-order valence-corrected chi connectivity index (χ1v) is 12.8. The highest BCUT2D eigenvalue weighted by molar-refractivity contribution is 5.91. The van der Waals surface area contributed by atoms with E-state index in [4.69, 9.17) is 15.6 Å². The van der Waals surface area contributed by atoms with Crippen molar-refractivity contribution in [3.63, 3.8) is 0 Å². The minimum Gasteiger partial charge on any atom is -0.487 e. The Kier molecular flexibility index (Phi) is 6.91. The van der Waals surface area contributed by atoms with E-state index in [0.29, 0.717) is 37.5 Å². The molecular weight excluding hydrogens is 488 g/mol. The van der Waals surface area contributed by atoms with E-state index in [1.807, 2.05) is 10.7 Å². The first-order chi connectivity index (χ1) is 17.7. The van der Waals surface area contributed by atoms with Crippen molar-refractivity contribution >= 4 is 22.5 Å². The molecule has 0 amide bonds. The number of hydrogen-bond acceptors (Lipinski definition) is 6. The van der Waals surface area contributed by atoms with Gasteiger partial charge in [0, 0.05) is 31.4 Å². The summed E-state index contributed by atoms with van der Waals surface area (Å²) in [6.45, 7) is 4.95. The summed E-state index contributed by atoms with van der Waals surface area (Å²) in [5.41, 5.74) is 5.63. The second-order valence-electron chi connectivity index (χ2n) is 10.0. The molecule has 1 saturated carbocycles. The summed E-state index contributed by atoms with van der Waals surface area (Å²) < 4.78 is 61.4. The number of rotatable bonds is 6. The fourth-order valence-corrected chi connectivity index (χ4v) is 5.50. The Morgan fingerprint density at radius 1 is 1.16 bits per heavy atom. The van der Waals surface area contributed by atoms with Crippen LogP contribution in [0.5, 0.6) is 5.75 Å². The van der Waals surface area contributed by atoms with E-state index in [0.717, 1.165) is 48.8 Å². The summed E-state index contributed by atoms with van der Waals surface area (Å²) >= 11 is 0. The molecule has 37 heavy (non-hydrogen) atoms. The highest BCUT2D eigenvalue weighted by atomic mass is 19.4. The second kappa shape index (κ2) is 10.00. The molecule has 1 aliphatic heterocycles. The quantitative estimate of drug-likeness (QED) is 0.447. The minimum absolute atomic E-state index is 0.0703. The van der Waals surface area contributed by atoms with Crippen molar-refractivity contribution in [2.24, 2.45) is 0 Å². The molecule has 200 valence electrons. The number of benzene rings is 1. The predicted molar refractivity (Wildman–Crippen MR) is 134 cm³/mol. The maximum Gasteiger partial charge on any atom is 0.419 e. The van der Waals surface area contributed by atoms with Crippen molar-refractivity contribution in [1.82, 2.24) is 19.7 Å². The smallest absolute Gasteiger partial charge is 0.419 e. The van der Waals surface area contributed by atoms with Gasteiger partial charge in [-0.25, -0.2) is 9.37 Å². The van der Waals surface area contributed by atoms with E-state index >= 15 is 0 Å². The van der Waals surface area contributed by atoms with Crippen molar-refractivity contribution in [2.45, 2.75) is 63.4 Å². The Hall–Kier alpha value is -3.08. The van der Waals surface area contributed by atoms with Gasteiger partial charge in [0.05, 0.1) is 28.6 Å². The molecule has 2 aliphatic rings. The zero-order valence-electron chi connectivity index (χ0n) is 21.0. The zero-order valence-corrected chi connectivity index (χ0v) is 21.0. The van der Waals surface area contributed by atoms with Gasteiger partial charge in [0.2, 0.25) is 0 Å². The number of nitrogens with two attached hydrogens (primary N) is 1. The number of likely N-dealkylation sites (N-methyl/N-ethyl adjacent to an activating group) is 1. The van der Waals surface area contributed by atoms with Crippen LogP contribution in [-0.4, -0.2) is 58.5 Å². The van der Waals surface area contributed by atoms with E-state index in [9.17, 15) is 17.6 Å². The summed E-state index contributed by atoms with van der Waals surface area (Å²) in [5, 5.41) is 5.98. The van der Waals surface area contributed by atoms with Gasteiger partial charge in [0.1, 0.15) is 5.82 Å². The van der Waals surface area contributed by atoms with Crippen LogP contribution in [0.15, 0.2) is 30.5 Å². The van der Waals surface area contributed by atoms with Crippen LogP contribution in [0.1, 0.15) is 50.6 Å². The SMILES string of the molecule is CCN(C)[C@H]1CCN(c2nn(C3CCC(Oc4cccc(C(F)(F)F)c4F)CC3)c3cc(N)ncc23)C1. The van der Waals surface area contributed by atoms with Crippen molar-refractivity contribution in [1.29, 1.82) is 0 Å². The molecule has 2 N–H and O–H groups in total. The fourth-order valence-electron chi connectivity index (χ4n) is 5.50. The molecule has 3 heterocycles. The third kappa shape index (κ3) is 5.05. The molecule has 5 rings (SSSR count). The lowest BCUT2D eigenvalue weighted by Crippen LogP contribution is -2.34. The Bertz CT molecular complexity index is 1250. The molecule has 7 nitrogen and oxygen atoms in total. The van der Waals surface area contributed by atoms with Gasteiger partial charge in [0.15, 0.2) is 17.4 Å². The molecule has 0 unspecified atom stereocenters. The summed E-state index contributed by atoms with van der Waals surface area (Å²) in [6.07, 6.45) is 0.260. The summed E-state index contributed by atoms with van der Waals surface area (Å²) in [7, 11) is 2.14. The molecule has 11 heteroatoms. The third-order valence-corrected chi connectivity index (χ3v) is 7.73. The molecule has 0 spiro atoms. The van der Waals surface area contributed by atoms with Gasteiger partial charge in [-0.3, -0.25) is 4.68 Å². The highest BCUT2D eigenvalue weighted by Crippen LogP contribution is 2.39. The molecule has 1 atom stereocenters. The average molecular weight is 521 g/mol. The monoisotopic (exact) mass is 520 g/mol. The van der Waals surface area contributed by atoms with Crippen LogP contribution in [0.3, 0.4) is 0 Å². The number of ether oxygens (including phenoxy) is 1. The Morgan fingerprint density at radius 2 is 1.92 bits per heavy atom. The largest absolute Gasteiger partial charge is 0.487 e. The summed E-state index contributed by atoms with van der Waals surface area (Å²) in [5.74, 6) is -0.397. The van der Waals surface area contributed by atoms with Gasteiger partial charge >= 0.3 is 6.18 Å². The number of hydrogen-bond donors (Lipinski definition) is 1. The lowest BCUT2D eigenvalue weighted by atomic mass is 9.93. The maximum atomic E-state index is 14.4. The molecule has 1 aliphatic carbocycles. The highest BCUT2D eigenvalue weighted by Gasteiger charge is 2.36. The van der Waals surface area contributed by atoms with E-state index in [2.05, 4.69) is 28.8 Å². The van der Waals surface area contributed by atoms with Crippen LogP contribution in [0.25, 0.3) is 10.9 Å². The number of fused-ring (bicyclic) bond motifs is 1. The van der Waals surface area contributed by atoms with E-state index < -0.39 is 17.6 Å². The van der Waals surface area contributed by atoms with Gasteiger partial charge in [-0.1, -0.05) is 13.0 Å². The third-order valence-electron chi connectivity index (χ3n) is 7.73. The number of nitrogens with zero attached hydrogens (tertiary/aromatic N) is 5. The van der Waals surface area contributed by atoms with Crippen LogP contribution in [0, 0.1) is 5.82 Å². The first-order valence-electron chi connectivity index (χ1n) is 12.8. The standard InChI is InChI=1S/C26H32F4N6O/c1-3-34(2)17-11-12-35(15-17)25-19-14-32-23(31)13-21(19)36(33-25)16-7-9-18(10-8-16)37-22-6-4-5-20(24(22)27)26(28,29)30/h4-6,13-14,16-18H,3,7-12,15H2,1-2H3,(H2,31,32)/t16?,17-,18?/m0/s1. The van der Waals surface area contributed by atoms with Gasteiger partial charge in [-0.15, -0.1) is 0 Å². The summed E-state index contributed by atoms with van der Waals surface area (Å²) in [4.78, 5) is 8.97. The Balaban J connectivity index is 1.33. The number of aromatic nitrogens is 3. The van der Waals surface area contributed by atoms with Gasteiger partial charge < -0.3 is 20.3 Å². The maximum absolute atomic E-state index is 14.4. The second-order valence-corrected chi connectivity index (χ2v) is 10.0. The lowest BCUT2D eigenvalue weighted by Gasteiger charge is -2.30. The molecule has 1 aromatic carbocycles. The zero-order chi connectivity index (χ0) is 26.3. The molecule has 2 fully saturated rings.